The summed E-state index contributed by atoms with van der Waals surface area (Å²) < 4.78 is 5.40. The second kappa shape index (κ2) is 10.9. The van der Waals surface area contributed by atoms with E-state index in [9.17, 15) is 9.59 Å². The van der Waals surface area contributed by atoms with Gasteiger partial charge in [-0.05, 0) is 37.5 Å². The summed E-state index contributed by atoms with van der Waals surface area (Å²) in [5.41, 5.74) is 2.08. The van der Waals surface area contributed by atoms with Gasteiger partial charge in [-0.2, -0.15) is 0 Å². The van der Waals surface area contributed by atoms with Crippen molar-refractivity contribution in [1.29, 1.82) is 0 Å². The number of amides is 2. The molecule has 2 atom stereocenters. The second-order valence-corrected chi connectivity index (χ2v) is 9.76. The fourth-order valence-electron chi connectivity index (χ4n) is 5.38. The number of carbonyl (C=O) groups is 2. The van der Waals surface area contributed by atoms with Crippen molar-refractivity contribution in [3.63, 3.8) is 0 Å². The standard InChI is InChI=1S/C24H35ClN4O3.ClH/c1-4-24(5-2)16-29(20-12-18(25)6-7-19(20)24)22(30)15-28-14-17(3)26-13-21(28)23(31)27-8-10-32-11-9-27;/h6-7,12,17,21,26H,4-5,8-11,13-16H2,1-3H3;1H/t17-,21-;/m1./s1. The molecule has 2 saturated heterocycles. The van der Waals surface area contributed by atoms with Gasteiger partial charge in [0.25, 0.3) is 0 Å². The molecule has 0 bridgehead atoms. The number of hydrogen-bond donors (Lipinski definition) is 1. The Hall–Kier alpha value is -1.38. The lowest BCUT2D eigenvalue weighted by Gasteiger charge is -2.41. The molecule has 4 rings (SSSR count). The zero-order chi connectivity index (χ0) is 22.9. The molecule has 0 aromatic heterocycles. The molecule has 2 amide bonds. The van der Waals surface area contributed by atoms with Gasteiger partial charge in [0, 0.05) is 54.9 Å². The number of hydrogen-bond acceptors (Lipinski definition) is 5. The first kappa shape index (κ1) is 26.2. The van der Waals surface area contributed by atoms with Crippen LogP contribution in [-0.4, -0.2) is 86.2 Å². The van der Waals surface area contributed by atoms with Crippen molar-refractivity contribution < 1.29 is 14.3 Å². The summed E-state index contributed by atoms with van der Waals surface area (Å²) in [6, 6.07) is 5.80. The molecular formula is C24H36Cl2N4O3. The van der Waals surface area contributed by atoms with Gasteiger partial charge in [-0.1, -0.05) is 31.5 Å². The third-order valence-corrected chi connectivity index (χ3v) is 7.73. The van der Waals surface area contributed by atoms with E-state index < -0.39 is 0 Å². The summed E-state index contributed by atoms with van der Waals surface area (Å²) >= 11 is 6.32. The number of carbonyl (C=O) groups excluding carboxylic acids is 2. The van der Waals surface area contributed by atoms with Gasteiger partial charge in [0.1, 0.15) is 6.04 Å². The number of morpholine rings is 1. The van der Waals surface area contributed by atoms with Crippen LogP contribution < -0.4 is 10.2 Å². The molecule has 1 aromatic carbocycles. The van der Waals surface area contributed by atoms with Crippen molar-refractivity contribution in [2.24, 2.45) is 0 Å². The minimum absolute atomic E-state index is 0. The van der Waals surface area contributed by atoms with Crippen LogP contribution in [0.3, 0.4) is 0 Å². The van der Waals surface area contributed by atoms with Gasteiger partial charge in [0.05, 0.1) is 19.8 Å². The average molecular weight is 499 g/mol. The molecule has 3 aliphatic heterocycles. The van der Waals surface area contributed by atoms with Crippen LogP contribution in [-0.2, 0) is 19.7 Å². The van der Waals surface area contributed by atoms with E-state index in [-0.39, 0.29) is 48.3 Å². The molecule has 0 radical (unpaired) electrons. The van der Waals surface area contributed by atoms with E-state index in [0.717, 1.165) is 18.5 Å². The summed E-state index contributed by atoms with van der Waals surface area (Å²) in [6.07, 6.45) is 1.93. The third-order valence-electron chi connectivity index (χ3n) is 7.49. The van der Waals surface area contributed by atoms with E-state index in [1.165, 1.54) is 5.56 Å². The van der Waals surface area contributed by atoms with E-state index in [1.807, 2.05) is 21.9 Å². The smallest absolute Gasteiger partial charge is 0.241 e. The number of fused-ring (bicyclic) bond motifs is 1. The Morgan fingerprint density at radius 2 is 1.91 bits per heavy atom. The van der Waals surface area contributed by atoms with Crippen molar-refractivity contribution in [1.82, 2.24) is 15.1 Å². The van der Waals surface area contributed by atoms with Crippen molar-refractivity contribution in [3.8, 4) is 0 Å². The first-order chi connectivity index (χ1) is 15.4. The molecule has 7 nitrogen and oxygen atoms in total. The van der Waals surface area contributed by atoms with Crippen LogP contribution in [0.25, 0.3) is 0 Å². The lowest BCUT2D eigenvalue weighted by molar-refractivity contribution is -0.142. The lowest BCUT2D eigenvalue weighted by atomic mass is 9.78. The van der Waals surface area contributed by atoms with Gasteiger partial charge in [-0.25, -0.2) is 0 Å². The number of anilines is 1. The molecule has 33 heavy (non-hydrogen) atoms. The molecule has 3 heterocycles. The van der Waals surface area contributed by atoms with Crippen LogP contribution in [0.4, 0.5) is 5.69 Å². The zero-order valence-electron chi connectivity index (χ0n) is 19.8. The molecule has 1 N–H and O–H groups in total. The molecule has 0 spiro atoms. The highest BCUT2D eigenvalue weighted by atomic mass is 35.5. The maximum atomic E-state index is 13.6. The van der Waals surface area contributed by atoms with Crippen LogP contribution in [0, 0.1) is 0 Å². The van der Waals surface area contributed by atoms with Gasteiger partial charge in [-0.15, -0.1) is 12.4 Å². The SMILES string of the molecule is CCC1(CC)CN(C(=O)CN2C[C@@H](C)NC[C@@H]2C(=O)N2CCOCC2)c2cc(Cl)ccc21.Cl. The predicted molar refractivity (Wildman–Crippen MR) is 134 cm³/mol. The minimum atomic E-state index is -0.336. The molecule has 184 valence electrons. The monoisotopic (exact) mass is 498 g/mol. The Morgan fingerprint density at radius 1 is 1.21 bits per heavy atom. The van der Waals surface area contributed by atoms with Crippen LogP contribution in [0.1, 0.15) is 39.2 Å². The summed E-state index contributed by atoms with van der Waals surface area (Å²) in [5.74, 6) is 0.119. The van der Waals surface area contributed by atoms with Crippen molar-refractivity contribution in [2.45, 2.75) is 51.1 Å². The number of ether oxygens (including phenoxy) is 1. The van der Waals surface area contributed by atoms with Crippen molar-refractivity contribution in [2.75, 3.05) is 57.4 Å². The summed E-state index contributed by atoms with van der Waals surface area (Å²) in [5, 5.41) is 4.06. The largest absolute Gasteiger partial charge is 0.378 e. The normalized spacial score (nSPS) is 24.8. The molecule has 9 heteroatoms. The number of halogens is 2. The second-order valence-electron chi connectivity index (χ2n) is 9.32. The highest BCUT2D eigenvalue weighted by Gasteiger charge is 2.43. The first-order valence-corrected chi connectivity index (χ1v) is 12.2. The Balaban J connectivity index is 0.00000306. The van der Waals surface area contributed by atoms with E-state index in [4.69, 9.17) is 16.3 Å². The van der Waals surface area contributed by atoms with Crippen molar-refractivity contribution in [3.05, 3.63) is 28.8 Å². The van der Waals surface area contributed by atoms with Gasteiger partial charge >= 0.3 is 0 Å². The fourth-order valence-corrected chi connectivity index (χ4v) is 5.55. The maximum absolute atomic E-state index is 13.6. The van der Waals surface area contributed by atoms with E-state index >= 15 is 0 Å². The summed E-state index contributed by atoms with van der Waals surface area (Å²) in [7, 11) is 0. The topological polar surface area (TPSA) is 65.1 Å². The third kappa shape index (κ3) is 5.17. The quantitative estimate of drug-likeness (QED) is 0.675. The van der Waals surface area contributed by atoms with Gasteiger partial charge < -0.3 is 19.9 Å². The number of piperazine rings is 1. The van der Waals surface area contributed by atoms with Gasteiger partial charge in [-0.3, -0.25) is 14.5 Å². The molecule has 1 aromatic rings. The first-order valence-electron chi connectivity index (χ1n) is 11.8. The van der Waals surface area contributed by atoms with Crippen LogP contribution in [0.15, 0.2) is 18.2 Å². The number of nitrogens with zero attached hydrogens (tertiary/aromatic N) is 3. The van der Waals surface area contributed by atoms with E-state index in [2.05, 4.69) is 37.1 Å². The Bertz CT molecular complexity index is 858. The minimum Gasteiger partial charge on any atom is -0.378 e. The number of nitrogens with one attached hydrogen (secondary N) is 1. The Labute approximate surface area is 208 Å². The highest BCUT2D eigenvalue weighted by molar-refractivity contribution is 6.31. The van der Waals surface area contributed by atoms with Crippen molar-refractivity contribution >= 4 is 41.5 Å². The molecule has 0 unspecified atom stereocenters. The van der Waals surface area contributed by atoms with Gasteiger partial charge in [0.15, 0.2) is 0 Å². The van der Waals surface area contributed by atoms with E-state index in [1.54, 1.807) is 0 Å². The Morgan fingerprint density at radius 3 is 2.58 bits per heavy atom. The molecule has 0 saturated carbocycles. The van der Waals surface area contributed by atoms with Crippen LogP contribution >= 0.6 is 24.0 Å². The predicted octanol–water partition coefficient (Wildman–Crippen LogP) is 2.69. The zero-order valence-corrected chi connectivity index (χ0v) is 21.4. The highest BCUT2D eigenvalue weighted by Crippen LogP contribution is 2.46. The molecule has 3 aliphatic rings. The molecule has 0 aliphatic carbocycles. The summed E-state index contributed by atoms with van der Waals surface area (Å²) in [6.45, 7) is 10.9. The maximum Gasteiger partial charge on any atom is 0.241 e. The fraction of sp³-hybridized carbons (Fsp3) is 0.667. The number of rotatable bonds is 5. The molecule has 2 fully saturated rings. The van der Waals surface area contributed by atoms with Crippen LogP contribution in [0.2, 0.25) is 5.02 Å². The lowest BCUT2D eigenvalue weighted by Crippen LogP contribution is -2.63. The van der Waals surface area contributed by atoms with E-state index in [0.29, 0.717) is 51.0 Å². The summed E-state index contributed by atoms with van der Waals surface area (Å²) in [4.78, 5) is 32.7. The number of benzene rings is 1. The molecular weight excluding hydrogens is 463 g/mol. The average Bonchev–Trinajstić information content (AvgIpc) is 3.13. The van der Waals surface area contributed by atoms with Gasteiger partial charge in [0.2, 0.25) is 11.8 Å². The van der Waals surface area contributed by atoms with Crippen LogP contribution in [0.5, 0.6) is 0 Å². The Kier molecular flexibility index (Phi) is 8.67.